The SMILES string of the molecule is Cn1cc(-c2cc(N)ccc2Oc2ccc(C#N)cc2)c(OCC(F)(F)F)cc1=O. The van der Waals surface area contributed by atoms with Crippen LogP contribution in [0.3, 0.4) is 0 Å². The van der Waals surface area contributed by atoms with Crippen LogP contribution in [-0.2, 0) is 7.05 Å². The molecule has 0 bridgehead atoms. The van der Waals surface area contributed by atoms with Gasteiger partial charge in [0.25, 0.3) is 5.56 Å². The van der Waals surface area contributed by atoms with Crippen LogP contribution in [0.1, 0.15) is 5.56 Å². The number of benzene rings is 2. The van der Waals surface area contributed by atoms with Crippen LogP contribution in [0.5, 0.6) is 17.2 Å². The van der Waals surface area contributed by atoms with Crippen molar-refractivity contribution in [2.75, 3.05) is 12.3 Å². The molecule has 154 valence electrons. The third-order valence-corrected chi connectivity index (χ3v) is 4.09. The number of ether oxygens (including phenoxy) is 2. The summed E-state index contributed by atoms with van der Waals surface area (Å²) in [6, 6.07) is 13.9. The number of anilines is 1. The molecule has 0 aliphatic carbocycles. The number of pyridine rings is 1. The number of hydrogen-bond acceptors (Lipinski definition) is 5. The number of halogens is 3. The maximum Gasteiger partial charge on any atom is 0.422 e. The lowest BCUT2D eigenvalue weighted by molar-refractivity contribution is -0.153. The molecule has 30 heavy (non-hydrogen) atoms. The maximum absolute atomic E-state index is 12.7. The van der Waals surface area contributed by atoms with Gasteiger partial charge in [-0.3, -0.25) is 4.79 Å². The highest BCUT2D eigenvalue weighted by molar-refractivity contribution is 5.78. The normalized spacial score (nSPS) is 11.0. The highest BCUT2D eigenvalue weighted by Crippen LogP contribution is 2.39. The minimum Gasteiger partial charge on any atom is -0.483 e. The lowest BCUT2D eigenvalue weighted by Gasteiger charge is -2.17. The van der Waals surface area contributed by atoms with Crippen molar-refractivity contribution in [2.24, 2.45) is 7.05 Å². The van der Waals surface area contributed by atoms with Gasteiger partial charge in [-0.25, -0.2) is 0 Å². The van der Waals surface area contributed by atoms with E-state index in [1.54, 1.807) is 36.4 Å². The molecule has 0 spiro atoms. The number of hydrogen-bond donors (Lipinski definition) is 1. The van der Waals surface area contributed by atoms with Crippen molar-refractivity contribution in [3.63, 3.8) is 0 Å². The first-order valence-corrected chi connectivity index (χ1v) is 8.64. The van der Waals surface area contributed by atoms with Crippen LogP contribution < -0.4 is 20.8 Å². The van der Waals surface area contributed by atoms with Crippen LogP contribution in [0.4, 0.5) is 18.9 Å². The van der Waals surface area contributed by atoms with Crippen LogP contribution in [0.15, 0.2) is 59.5 Å². The fraction of sp³-hybridized carbons (Fsp3) is 0.143. The topological polar surface area (TPSA) is 90.3 Å². The predicted octanol–water partition coefficient (Wildman–Crippen LogP) is 4.24. The number of nitrogens with two attached hydrogens (primary N) is 1. The third-order valence-electron chi connectivity index (χ3n) is 4.09. The average Bonchev–Trinajstić information content (AvgIpc) is 2.70. The summed E-state index contributed by atoms with van der Waals surface area (Å²) in [4.78, 5) is 12.0. The minimum atomic E-state index is -4.57. The first-order chi connectivity index (χ1) is 14.2. The van der Waals surface area contributed by atoms with E-state index in [0.29, 0.717) is 22.6 Å². The summed E-state index contributed by atoms with van der Waals surface area (Å²) >= 11 is 0. The number of alkyl halides is 3. The Labute approximate surface area is 169 Å². The minimum absolute atomic E-state index is 0.206. The van der Waals surface area contributed by atoms with Gasteiger partial charge in [-0.15, -0.1) is 0 Å². The number of nitrogens with zero attached hydrogens (tertiary/aromatic N) is 2. The summed E-state index contributed by atoms with van der Waals surface area (Å²) in [7, 11) is 1.47. The molecule has 2 aromatic carbocycles. The molecule has 0 unspecified atom stereocenters. The van der Waals surface area contributed by atoms with Crippen molar-refractivity contribution >= 4 is 5.69 Å². The maximum atomic E-state index is 12.7. The highest BCUT2D eigenvalue weighted by atomic mass is 19.4. The molecule has 0 aliphatic rings. The summed E-state index contributed by atoms with van der Waals surface area (Å²) in [5.74, 6) is 0.442. The van der Waals surface area contributed by atoms with Crippen LogP contribution >= 0.6 is 0 Å². The molecule has 0 saturated heterocycles. The standard InChI is InChI=1S/C21H16F3N3O3/c1-27-11-17(19(9-20(27)28)29-12-21(22,23)24)16-8-14(26)4-7-18(16)30-15-5-2-13(10-25)3-6-15/h2-9,11H,12,26H2,1H3. The second-order valence-corrected chi connectivity index (χ2v) is 6.40. The summed E-state index contributed by atoms with van der Waals surface area (Å²) in [6.07, 6.45) is -3.22. The van der Waals surface area contributed by atoms with Crippen molar-refractivity contribution in [3.05, 3.63) is 70.6 Å². The van der Waals surface area contributed by atoms with E-state index >= 15 is 0 Å². The van der Waals surface area contributed by atoms with E-state index in [1.165, 1.54) is 23.9 Å². The van der Waals surface area contributed by atoms with Gasteiger partial charge in [0.1, 0.15) is 17.2 Å². The Morgan fingerprint density at radius 3 is 2.40 bits per heavy atom. The summed E-state index contributed by atoms with van der Waals surface area (Å²) < 4.78 is 50.0. The fourth-order valence-corrected chi connectivity index (χ4v) is 2.67. The van der Waals surface area contributed by atoms with E-state index < -0.39 is 18.3 Å². The Morgan fingerprint density at radius 1 is 1.07 bits per heavy atom. The van der Waals surface area contributed by atoms with E-state index in [9.17, 15) is 18.0 Å². The van der Waals surface area contributed by atoms with Crippen LogP contribution in [0.25, 0.3) is 11.1 Å². The molecule has 0 aliphatic heterocycles. The molecule has 3 rings (SSSR count). The first kappa shape index (κ1) is 20.8. The Hall–Kier alpha value is -3.93. The second-order valence-electron chi connectivity index (χ2n) is 6.40. The lowest BCUT2D eigenvalue weighted by Crippen LogP contribution is -2.22. The summed E-state index contributed by atoms with van der Waals surface area (Å²) in [5.41, 5.74) is 6.67. The monoisotopic (exact) mass is 415 g/mol. The van der Waals surface area contributed by atoms with Crippen molar-refractivity contribution in [3.8, 4) is 34.4 Å². The number of rotatable bonds is 5. The molecule has 0 amide bonds. The molecule has 0 fully saturated rings. The van der Waals surface area contributed by atoms with Crippen LogP contribution in [0.2, 0.25) is 0 Å². The molecular weight excluding hydrogens is 399 g/mol. The molecule has 3 aromatic rings. The molecular formula is C21H16F3N3O3. The fourth-order valence-electron chi connectivity index (χ4n) is 2.67. The second kappa shape index (κ2) is 8.21. The Morgan fingerprint density at radius 2 is 1.77 bits per heavy atom. The lowest BCUT2D eigenvalue weighted by atomic mass is 10.0. The van der Waals surface area contributed by atoms with Crippen molar-refractivity contribution < 1.29 is 22.6 Å². The zero-order chi connectivity index (χ0) is 21.9. The molecule has 0 saturated carbocycles. The Bertz CT molecular complexity index is 1160. The molecule has 0 radical (unpaired) electrons. The number of aryl methyl sites for hydroxylation is 1. The van der Waals surface area contributed by atoms with Gasteiger partial charge >= 0.3 is 6.18 Å². The van der Waals surface area contributed by atoms with E-state index in [1.807, 2.05) is 6.07 Å². The predicted molar refractivity (Wildman–Crippen MR) is 104 cm³/mol. The van der Waals surface area contributed by atoms with Gasteiger partial charge in [0.15, 0.2) is 6.61 Å². The summed E-state index contributed by atoms with van der Waals surface area (Å²) in [5, 5.41) is 8.90. The molecule has 1 aromatic heterocycles. The Balaban J connectivity index is 2.08. The van der Waals surface area contributed by atoms with E-state index in [0.717, 1.165) is 6.07 Å². The molecule has 0 atom stereocenters. The van der Waals surface area contributed by atoms with E-state index in [4.69, 9.17) is 20.5 Å². The largest absolute Gasteiger partial charge is 0.483 e. The zero-order valence-corrected chi connectivity index (χ0v) is 15.7. The summed E-state index contributed by atoms with van der Waals surface area (Å²) in [6.45, 7) is -1.55. The van der Waals surface area contributed by atoms with Gasteiger partial charge in [0.2, 0.25) is 0 Å². The third kappa shape index (κ3) is 4.91. The van der Waals surface area contributed by atoms with Crippen molar-refractivity contribution in [2.45, 2.75) is 6.18 Å². The van der Waals surface area contributed by atoms with Crippen LogP contribution in [0, 0.1) is 11.3 Å². The number of nitrogen functional groups attached to an aromatic ring is 1. The van der Waals surface area contributed by atoms with Gasteiger partial charge in [0.05, 0.1) is 11.6 Å². The Kier molecular flexibility index (Phi) is 5.69. The number of nitriles is 1. The van der Waals surface area contributed by atoms with Gasteiger partial charge < -0.3 is 19.8 Å². The van der Waals surface area contributed by atoms with E-state index in [-0.39, 0.29) is 17.1 Å². The molecule has 2 N–H and O–H groups in total. The van der Waals surface area contributed by atoms with Gasteiger partial charge in [0, 0.05) is 36.1 Å². The highest BCUT2D eigenvalue weighted by Gasteiger charge is 2.29. The zero-order valence-electron chi connectivity index (χ0n) is 15.7. The average molecular weight is 415 g/mol. The molecule has 9 heteroatoms. The van der Waals surface area contributed by atoms with Crippen LogP contribution in [-0.4, -0.2) is 17.4 Å². The van der Waals surface area contributed by atoms with Crippen molar-refractivity contribution in [1.82, 2.24) is 4.57 Å². The number of aromatic nitrogens is 1. The molecule has 6 nitrogen and oxygen atoms in total. The first-order valence-electron chi connectivity index (χ1n) is 8.64. The van der Waals surface area contributed by atoms with E-state index in [2.05, 4.69) is 0 Å². The molecule has 1 heterocycles. The smallest absolute Gasteiger partial charge is 0.422 e. The van der Waals surface area contributed by atoms with Gasteiger partial charge in [-0.2, -0.15) is 18.4 Å². The van der Waals surface area contributed by atoms with Crippen molar-refractivity contribution in [1.29, 1.82) is 5.26 Å². The van der Waals surface area contributed by atoms with Gasteiger partial charge in [-0.05, 0) is 42.5 Å². The quantitative estimate of drug-likeness (QED) is 0.630. The van der Waals surface area contributed by atoms with Gasteiger partial charge in [-0.1, -0.05) is 0 Å².